The Labute approximate surface area is 102 Å². The molecule has 80 valence electrons. The maximum absolute atomic E-state index is 4.33. The van der Waals surface area contributed by atoms with Crippen molar-refractivity contribution in [3.8, 4) is 0 Å². The summed E-state index contributed by atoms with van der Waals surface area (Å²) in [6.07, 6.45) is 2.67. The lowest BCUT2D eigenvalue weighted by Crippen LogP contribution is -2.08. The Balaban J connectivity index is 2.61. The average molecular weight is 316 g/mol. The van der Waals surface area contributed by atoms with E-state index in [9.17, 15) is 0 Å². The van der Waals surface area contributed by atoms with Crippen molar-refractivity contribution >= 4 is 28.4 Å². The zero-order valence-electron chi connectivity index (χ0n) is 8.81. The lowest BCUT2D eigenvalue weighted by Gasteiger charge is -2.13. The summed E-state index contributed by atoms with van der Waals surface area (Å²) in [7, 11) is 0. The molecule has 0 fully saturated rings. The van der Waals surface area contributed by atoms with E-state index in [1.54, 1.807) is 6.33 Å². The van der Waals surface area contributed by atoms with Crippen molar-refractivity contribution in [1.82, 2.24) is 19.6 Å². The number of hydrogen-bond acceptors (Lipinski definition) is 3. The monoisotopic (exact) mass is 316 g/mol. The number of rotatable bonds is 3. The first-order valence-electron chi connectivity index (χ1n) is 4.99. The minimum absolute atomic E-state index is 0.525. The van der Waals surface area contributed by atoms with Crippen molar-refractivity contribution in [2.75, 3.05) is 4.43 Å². The second-order valence-corrected chi connectivity index (χ2v) is 4.43. The van der Waals surface area contributed by atoms with Crippen molar-refractivity contribution in [2.24, 2.45) is 0 Å². The Kier molecular flexibility index (Phi) is 3.18. The minimum atomic E-state index is 0.525. The first-order valence-corrected chi connectivity index (χ1v) is 6.52. The standard InChI is InChI=1S/C10H13IN4/c1-3-8(5-11)9-4-7(2)14-10-12-6-13-15(9)10/h4,6,8H,3,5H2,1-2H3. The largest absolute Gasteiger partial charge is 0.252 e. The fraction of sp³-hybridized carbons (Fsp3) is 0.500. The van der Waals surface area contributed by atoms with Crippen molar-refractivity contribution in [3.05, 3.63) is 23.8 Å². The van der Waals surface area contributed by atoms with Crippen molar-refractivity contribution in [3.63, 3.8) is 0 Å². The summed E-state index contributed by atoms with van der Waals surface area (Å²) in [5.41, 5.74) is 2.22. The predicted molar refractivity (Wildman–Crippen MR) is 67.4 cm³/mol. The molecular formula is C10H13IN4. The predicted octanol–water partition coefficient (Wildman–Crippen LogP) is 2.36. The molecule has 0 radical (unpaired) electrons. The van der Waals surface area contributed by atoms with Gasteiger partial charge in [0, 0.05) is 16.0 Å². The second-order valence-electron chi connectivity index (χ2n) is 3.55. The fourth-order valence-electron chi connectivity index (χ4n) is 1.65. The molecule has 0 aromatic carbocycles. The lowest BCUT2D eigenvalue weighted by atomic mass is 10.0. The van der Waals surface area contributed by atoms with Crippen LogP contribution in [0.25, 0.3) is 5.78 Å². The van der Waals surface area contributed by atoms with Crippen molar-refractivity contribution in [2.45, 2.75) is 26.2 Å². The van der Waals surface area contributed by atoms with Crippen LogP contribution in [-0.4, -0.2) is 24.0 Å². The van der Waals surface area contributed by atoms with Crippen LogP contribution in [0.15, 0.2) is 12.4 Å². The van der Waals surface area contributed by atoms with Crippen LogP contribution in [0.1, 0.15) is 30.7 Å². The third kappa shape index (κ3) is 1.97. The number of halogens is 1. The molecular weight excluding hydrogens is 303 g/mol. The molecule has 0 N–H and O–H groups in total. The topological polar surface area (TPSA) is 43.1 Å². The van der Waals surface area contributed by atoms with Gasteiger partial charge in [-0.3, -0.25) is 0 Å². The molecule has 0 saturated carbocycles. The van der Waals surface area contributed by atoms with E-state index in [4.69, 9.17) is 0 Å². The molecule has 2 aromatic heterocycles. The number of nitrogens with zero attached hydrogens (tertiary/aromatic N) is 4. The van der Waals surface area contributed by atoms with E-state index < -0.39 is 0 Å². The van der Waals surface area contributed by atoms with Gasteiger partial charge < -0.3 is 0 Å². The van der Waals surface area contributed by atoms with Crippen molar-refractivity contribution in [1.29, 1.82) is 0 Å². The number of aromatic nitrogens is 4. The quantitative estimate of drug-likeness (QED) is 0.645. The molecule has 0 aliphatic rings. The van der Waals surface area contributed by atoms with Gasteiger partial charge in [-0.25, -0.2) is 9.50 Å². The molecule has 2 aromatic rings. The lowest BCUT2D eigenvalue weighted by molar-refractivity contribution is 0.684. The highest BCUT2D eigenvalue weighted by molar-refractivity contribution is 14.1. The van der Waals surface area contributed by atoms with Crippen LogP contribution in [-0.2, 0) is 0 Å². The Bertz CT molecular complexity index is 461. The maximum atomic E-state index is 4.33. The molecule has 0 amide bonds. The van der Waals surface area contributed by atoms with Crippen LogP contribution < -0.4 is 0 Å². The van der Waals surface area contributed by atoms with Crippen molar-refractivity contribution < 1.29 is 0 Å². The van der Waals surface area contributed by atoms with E-state index in [-0.39, 0.29) is 0 Å². The van der Waals surface area contributed by atoms with Gasteiger partial charge >= 0.3 is 0 Å². The summed E-state index contributed by atoms with van der Waals surface area (Å²) in [5.74, 6) is 1.23. The first-order chi connectivity index (χ1) is 7.26. The molecule has 1 atom stereocenters. The smallest absolute Gasteiger partial charge is 0.216 e. The van der Waals surface area contributed by atoms with Gasteiger partial charge in [0.25, 0.3) is 5.78 Å². The molecule has 0 spiro atoms. The normalized spacial score (nSPS) is 13.3. The number of alkyl halides is 1. The van der Waals surface area contributed by atoms with Crippen LogP contribution >= 0.6 is 22.6 Å². The van der Waals surface area contributed by atoms with Gasteiger partial charge in [-0.05, 0) is 19.4 Å². The number of aryl methyl sites for hydroxylation is 1. The Morgan fingerprint density at radius 1 is 1.53 bits per heavy atom. The minimum Gasteiger partial charge on any atom is -0.216 e. The highest BCUT2D eigenvalue weighted by atomic mass is 127. The Morgan fingerprint density at radius 2 is 2.33 bits per heavy atom. The summed E-state index contributed by atoms with van der Waals surface area (Å²) in [4.78, 5) is 8.46. The number of fused-ring (bicyclic) bond motifs is 1. The molecule has 15 heavy (non-hydrogen) atoms. The van der Waals surface area contributed by atoms with Gasteiger partial charge in [-0.15, -0.1) is 0 Å². The maximum Gasteiger partial charge on any atom is 0.252 e. The van der Waals surface area contributed by atoms with Crippen LogP contribution in [0.4, 0.5) is 0 Å². The van der Waals surface area contributed by atoms with Gasteiger partial charge in [-0.2, -0.15) is 10.1 Å². The van der Waals surface area contributed by atoms with Gasteiger partial charge in [0.05, 0.1) is 5.69 Å². The SMILES string of the molecule is CCC(CI)c1cc(C)nc2ncnn12. The highest BCUT2D eigenvalue weighted by Crippen LogP contribution is 2.22. The summed E-state index contributed by atoms with van der Waals surface area (Å²) in [6, 6.07) is 2.11. The second kappa shape index (κ2) is 4.42. The van der Waals surface area contributed by atoms with Gasteiger partial charge in [0.15, 0.2) is 0 Å². The molecule has 2 heterocycles. The zero-order valence-corrected chi connectivity index (χ0v) is 11.0. The highest BCUT2D eigenvalue weighted by Gasteiger charge is 2.13. The Morgan fingerprint density at radius 3 is 3.00 bits per heavy atom. The Hall–Kier alpha value is -0.720. The van der Waals surface area contributed by atoms with Crippen LogP contribution in [0.2, 0.25) is 0 Å². The van der Waals surface area contributed by atoms with Gasteiger partial charge in [0.1, 0.15) is 6.33 Å². The van der Waals surface area contributed by atoms with Crippen LogP contribution in [0, 0.1) is 6.92 Å². The summed E-state index contributed by atoms with van der Waals surface area (Å²) in [5, 5.41) is 4.22. The molecule has 0 saturated heterocycles. The fourth-order valence-corrected chi connectivity index (χ4v) is 2.72. The third-order valence-corrected chi connectivity index (χ3v) is 3.57. The molecule has 4 nitrogen and oxygen atoms in total. The first kappa shape index (κ1) is 10.8. The molecule has 2 rings (SSSR count). The third-order valence-electron chi connectivity index (χ3n) is 2.50. The van der Waals surface area contributed by atoms with E-state index in [1.165, 1.54) is 5.69 Å². The summed E-state index contributed by atoms with van der Waals surface area (Å²) in [6.45, 7) is 4.19. The van der Waals surface area contributed by atoms with E-state index >= 15 is 0 Å². The molecule has 1 unspecified atom stereocenters. The zero-order chi connectivity index (χ0) is 10.8. The van der Waals surface area contributed by atoms with E-state index in [0.717, 1.165) is 16.5 Å². The van der Waals surface area contributed by atoms with E-state index in [1.807, 2.05) is 11.4 Å². The molecule has 0 aliphatic carbocycles. The molecule has 0 aliphatic heterocycles. The van der Waals surface area contributed by atoms with Crippen LogP contribution in [0.5, 0.6) is 0 Å². The van der Waals surface area contributed by atoms with Gasteiger partial charge in [0.2, 0.25) is 0 Å². The van der Waals surface area contributed by atoms with Crippen LogP contribution in [0.3, 0.4) is 0 Å². The molecule has 0 bridgehead atoms. The average Bonchev–Trinajstić information content (AvgIpc) is 2.67. The van der Waals surface area contributed by atoms with E-state index in [2.05, 4.69) is 50.6 Å². The number of hydrogen-bond donors (Lipinski definition) is 0. The van der Waals surface area contributed by atoms with E-state index in [0.29, 0.717) is 11.7 Å². The summed E-state index contributed by atoms with van der Waals surface area (Å²) < 4.78 is 2.94. The molecule has 5 heteroatoms. The summed E-state index contributed by atoms with van der Waals surface area (Å²) >= 11 is 2.41. The van der Waals surface area contributed by atoms with Gasteiger partial charge in [-0.1, -0.05) is 29.5 Å².